The van der Waals surface area contributed by atoms with Gasteiger partial charge < -0.3 is 24.8 Å². The van der Waals surface area contributed by atoms with Crippen LogP contribution in [0.5, 0.6) is 5.88 Å². The van der Waals surface area contributed by atoms with Gasteiger partial charge in [-0.25, -0.2) is 4.79 Å². The Balaban J connectivity index is 2.38. The standard InChI is InChI=1S/C13H20N2O6/c1-3-13(19)10(17)8(7-16)21-11(13)15-6-5-9(20-4-2)14-12(15)18/h5-6,8,10-11,16-17,19H,3-4,7H2,1-2H3/t8-,10-,11-,13-/m1/s1. The van der Waals surface area contributed by atoms with Gasteiger partial charge in [0.2, 0.25) is 5.88 Å². The molecular weight excluding hydrogens is 280 g/mol. The summed E-state index contributed by atoms with van der Waals surface area (Å²) in [6.07, 6.45) is -1.84. The van der Waals surface area contributed by atoms with Crippen LogP contribution in [0.15, 0.2) is 17.1 Å². The zero-order valence-electron chi connectivity index (χ0n) is 12.0. The number of hydrogen-bond acceptors (Lipinski definition) is 7. The van der Waals surface area contributed by atoms with Crippen molar-refractivity contribution < 1.29 is 24.8 Å². The second-order valence-corrected chi connectivity index (χ2v) is 4.89. The third-order valence-corrected chi connectivity index (χ3v) is 3.69. The van der Waals surface area contributed by atoms with Crippen LogP contribution in [-0.2, 0) is 4.74 Å². The van der Waals surface area contributed by atoms with E-state index in [1.807, 2.05) is 0 Å². The Morgan fingerprint density at radius 3 is 2.76 bits per heavy atom. The summed E-state index contributed by atoms with van der Waals surface area (Å²) in [4.78, 5) is 15.8. The average molecular weight is 300 g/mol. The molecule has 3 N–H and O–H groups in total. The van der Waals surface area contributed by atoms with Crippen molar-refractivity contribution in [2.24, 2.45) is 0 Å². The second kappa shape index (κ2) is 6.10. The van der Waals surface area contributed by atoms with E-state index in [9.17, 15) is 20.1 Å². The molecule has 1 aromatic rings. The van der Waals surface area contributed by atoms with Gasteiger partial charge in [-0.15, -0.1) is 0 Å². The lowest BCUT2D eigenvalue weighted by molar-refractivity contribution is -0.112. The number of hydrogen-bond donors (Lipinski definition) is 3. The summed E-state index contributed by atoms with van der Waals surface area (Å²) in [6, 6.07) is 1.48. The van der Waals surface area contributed by atoms with E-state index in [1.54, 1.807) is 13.8 Å². The molecule has 118 valence electrons. The van der Waals surface area contributed by atoms with E-state index in [4.69, 9.17) is 9.47 Å². The smallest absolute Gasteiger partial charge is 0.353 e. The van der Waals surface area contributed by atoms with E-state index in [1.165, 1.54) is 12.3 Å². The Labute approximate surface area is 121 Å². The molecule has 1 saturated heterocycles. The highest BCUT2D eigenvalue weighted by molar-refractivity contribution is 5.09. The topological polar surface area (TPSA) is 114 Å². The first kappa shape index (κ1) is 15.9. The Bertz CT molecular complexity index is 548. The van der Waals surface area contributed by atoms with Crippen LogP contribution in [0.3, 0.4) is 0 Å². The minimum atomic E-state index is -1.67. The lowest BCUT2D eigenvalue weighted by atomic mass is 9.91. The van der Waals surface area contributed by atoms with Gasteiger partial charge in [0, 0.05) is 12.3 Å². The second-order valence-electron chi connectivity index (χ2n) is 4.89. The van der Waals surface area contributed by atoms with Crippen molar-refractivity contribution in [3.8, 4) is 5.88 Å². The van der Waals surface area contributed by atoms with Gasteiger partial charge in [-0.2, -0.15) is 4.98 Å². The van der Waals surface area contributed by atoms with Crippen LogP contribution in [0.1, 0.15) is 26.5 Å². The fourth-order valence-electron chi connectivity index (χ4n) is 2.46. The molecule has 0 saturated carbocycles. The molecule has 4 atom stereocenters. The average Bonchev–Trinajstić information content (AvgIpc) is 2.73. The first-order valence-electron chi connectivity index (χ1n) is 6.86. The summed E-state index contributed by atoms with van der Waals surface area (Å²) in [7, 11) is 0. The number of nitrogens with zero attached hydrogens (tertiary/aromatic N) is 2. The molecule has 2 rings (SSSR count). The molecule has 0 amide bonds. The number of rotatable bonds is 5. The fourth-order valence-corrected chi connectivity index (χ4v) is 2.46. The monoisotopic (exact) mass is 300 g/mol. The summed E-state index contributed by atoms with van der Waals surface area (Å²) in [6.45, 7) is 3.34. The first-order valence-corrected chi connectivity index (χ1v) is 6.86. The summed E-state index contributed by atoms with van der Waals surface area (Å²) in [5.74, 6) is 0.177. The number of aliphatic hydroxyl groups excluding tert-OH is 2. The van der Waals surface area contributed by atoms with Crippen molar-refractivity contribution in [1.82, 2.24) is 9.55 Å². The van der Waals surface area contributed by atoms with Gasteiger partial charge >= 0.3 is 5.69 Å². The Morgan fingerprint density at radius 1 is 1.52 bits per heavy atom. The first-order chi connectivity index (χ1) is 9.97. The quantitative estimate of drug-likeness (QED) is 0.641. The highest BCUT2D eigenvalue weighted by Gasteiger charge is 2.55. The molecule has 1 aliphatic rings. The van der Waals surface area contributed by atoms with Gasteiger partial charge in [-0.3, -0.25) is 4.57 Å². The maximum Gasteiger partial charge on any atom is 0.353 e. The molecule has 2 heterocycles. The lowest BCUT2D eigenvalue weighted by Gasteiger charge is -2.30. The molecule has 0 aliphatic carbocycles. The van der Waals surface area contributed by atoms with E-state index < -0.39 is 36.3 Å². The van der Waals surface area contributed by atoms with Crippen LogP contribution in [-0.4, -0.2) is 55.9 Å². The predicted molar refractivity (Wildman–Crippen MR) is 71.9 cm³/mol. The number of aromatic nitrogens is 2. The molecule has 8 nitrogen and oxygen atoms in total. The molecular formula is C13H20N2O6. The molecule has 1 aliphatic heterocycles. The molecule has 1 fully saturated rings. The predicted octanol–water partition coefficient (Wildman–Crippen LogP) is -0.966. The highest BCUT2D eigenvalue weighted by atomic mass is 16.6. The maximum absolute atomic E-state index is 12.0. The third-order valence-electron chi connectivity index (χ3n) is 3.69. The van der Waals surface area contributed by atoms with Crippen LogP contribution in [0.2, 0.25) is 0 Å². The minimum absolute atomic E-state index is 0.148. The van der Waals surface area contributed by atoms with Gasteiger partial charge in [0.1, 0.15) is 17.8 Å². The summed E-state index contributed by atoms with van der Waals surface area (Å²) in [5, 5.41) is 29.8. The van der Waals surface area contributed by atoms with E-state index in [0.717, 1.165) is 4.57 Å². The van der Waals surface area contributed by atoms with E-state index >= 15 is 0 Å². The van der Waals surface area contributed by atoms with Crippen LogP contribution in [0.25, 0.3) is 0 Å². The Morgan fingerprint density at radius 2 is 2.24 bits per heavy atom. The van der Waals surface area contributed by atoms with Crippen molar-refractivity contribution in [2.75, 3.05) is 13.2 Å². The van der Waals surface area contributed by atoms with E-state index in [2.05, 4.69) is 4.98 Å². The highest BCUT2D eigenvalue weighted by Crippen LogP contribution is 2.39. The van der Waals surface area contributed by atoms with Crippen LogP contribution >= 0.6 is 0 Å². The van der Waals surface area contributed by atoms with Gasteiger partial charge in [-0.05, 0) is 13.3 Å². The van der Waals surface area contributed by atoms with Crippen molar-refractivity contribution in [2.45, 2.75) is 44.3 Å². The molecule has 0 radical (unpaired) electrons. The van der Waals surface area contributed by atoms with Gasteiger partial charge in [0.15, 0.2) is 6.23 Å². The molecule has 8 heteroatoms. The minimum Gasteiger partial charge on any atom is -0.478 e. The molecule has 0 bridgehead atoms. The normalized spacial score (nSPS) is 32.3. The van der Waals surface area contributed by atoms with Crippen LogP contribution < -0.4 is 10.4 Å². The lowest BCUT2D eigenvalue weighted by Crippen LogP contribution is -2.48. The van der Waals surface area contributed by atoms with Gasteiger partial charge in [-0.1, -0.05) is 6.92 Å². The summed E-state index contributed by atoms with van der Waals surface area (Å²) in [5.41, 5.74) is -2.34. The molecule has 1 aromatic heterocycles. The van der Waals surface area contributed by atoms with E-state index in [0.29, 0.717) is 6.61 Å². The largest absolute Gasteiger partial charge is 0.478 e. The fraction of sp³-hybridized carbons (Fsp3) is 0.692. The molecule has 0 spiro atoms. The van der Waals surface area contributed by atoms with Gasteiger partial charge in [0.25, 0.3) is 0 Å². The number of aliphatic hydroxyl groups is 3. The summed E-state index contributed by atoms with van der Waals surface area (Å²) >= 11 is 0. The third kappa shape index (κ3) is 2.67. The van der Waals surface area contributed by atoms with Crippen molar-refractivity contribution in [3.05, 3.63) is 22.7 Å². The van der Waals surface area contributed by atoms with Crippen molar-refractivity contribution >= 4 is 0 Å². The Hall–Kier alpha value is -1.48. The van der Waals surface area contributed by atoms with Gasteiger partial charge in [0.05, 0.1) is 13.2 Å². The Kier molecular flexibility index (Phi) is 4.62. The SMILES string of the molecule is CCOc1ccn([C@@H]2O[C@H](CO)[C@@H](O)[C@]2(O)CC)c(=O)n1. The van der Waals surface area contributed by atoms with Crippen LogP contribution in [0, 0.1) is 0 Å². The molecule has 21 heavy (non-hydrogen) atoms. The zero-order chi connectivity index (χ0) is 15.6. The molecule has 0 unspecified atom stereocenters. The zero-order valence-corrected chi connectivity index (χ0v) is 12.0. The summed E-state index contributed by atoms with van der Waals surface area (Å²) < 4.78 is 11.6. The maximum atomic E-state index is 12.0. The van der Waals surface area contributed by atoms with Crippen molar-refractivity contribution in [1.29, 1.82) is 0 Å². The number of ether oxygens (including phenoxy) is 2. The van der Waals surface area contributed by atoms with E-state index in [-0.39, 0.29) is 12.3 Å². The van der Waals surface area contributed by atoms with Crippen LogP contribution in [0.4, 0.5) is 0 Å². The molecule has 0 aromatic carbocycles. The van der Waals surface area contributed by atoms with Crippen molar-refractivity contribution in [3.63, 3.8) is 0 Å².